The van der Waals surface area contributed by atoms with Crippen molar-refractivity contribution >= 4 is 22.9 Å². The molecule has 0 N–H and O–H groups in total. The monoisotopic (exact) mass is 351 g/mol. The number of benzene rings is 1. The molecule has 0 fully saturated rings. The van der Waals surface area contributed by atoms with Gasteiger partial charge in [0.15, 0.2) is 0 Å². The first-order chi connectivity index (χ1) is 11.0. The fourth-order valence-corrected chi connectivity index (χ4v) is 3.29. The molecule has 1 heterocycles. The van der Waals surface area contributed by atoms with Crippen molar-refractivity contribution in [1.29, 1.82) is 0 Å². The highest BCUT2D eigenvalue weighted by Crippen LogP contribution is 2.25. The summed E-state index contributed by atoms with van der Waals surface area (Å²) >= 11 is 7.70. The van der Waals surface area contributed by atoms with E-state index in [1.807, 2.05) is 6.07 Å². The van der Waals surface area contributed by atoms with E-state index in [4.69, 9.17) is 16.3 Å². The zero-order valence-corrected chi connectivity index (χ0v) is 15.8. The summed E-state index contributed by atoms with van der Waals surface area (Å²) in [5, 5.41) is 2.13. The van der Waals surface area contributed by atoms with Gasteiger partial charge in [-0.15, -0.1) is 22.9 Å². The molecular formula is C19H26ClNOS. The second-order valence-corrected chi connectivity index (χ2v) is 8.06. The third-order valence-electron chi connectivity index (χ3n) is 3.35. The van der Waals surface area contributed by atoms with Crippen LogP contribution in [0.25, 0.3) is 0 Å². The Labute approximate surface area is 149 Å². The average Bonchev–Trinajstić information content (AvgIpc) is 2.98. The molecule has 2 rings (SSSR count). The summed E-state index contributed by atoms with van der Waals surface area (Å²) in [5.74, 6) is 1.67. The predicted octanol–water partition coefficient (Wildman–Crippen LogP) is 5.56. The topological polar surface area (TPSA) is 12.5 Å². The summed E-state index contributed by atoms with van der Waals surface area (Å²) in [5.41, 5.74) is 1.04. The van der Waals surface area contributed by atoms with Crippen LogP contribution in [0, 0.1) is 0 Å². The number of hydrogen-bond donors (Lipinski definition) is 0. The smallest absolute Gasteiger partial charge is 0.124 e. The van der Waals surface area contributed by atoms with Crippen molar-refractivity contribution in [2.24, 2.45) is 0 Å². The van der Waals surface area contributed by atoms with Crippen molar-refractivity contribution in [2.45, 2.75) is 45.9 Å². The van der Waals surface area contributed by atoms with Crippen LogP contribution in [0.3, 0.4) is 0 Å². The molecule has 1 aromatic carbocycles. The number of thiophene rings is 1. The summed E-state index contributed by atoms with van der Waals surface area (Å²) in [6.07, 6.45) is 0.995. The normalized spacial score (nSPS) is 11.9. The first kappa shape index (κ1) is 18.3. The van der Waals surface area contributed by atoms with E-state index in [1.54, 1.807) is 11.3 Å². The minimum absolute atomic E-state index is 0.190. The fourth-order valence-electron chi connectivity index (χ4n) is 2.43. The Morgan fingerprint density at radius 1 is 1.09 bits per heavy atom. The van der Waals surface area contributed by atoms with Crippen LogP contribution in [0.5, 0.6) is 5.75 Å². The highest BCUT2D eigenvalue weighted by molar-refractivity contribution is 7.09. The van der Waals surface area contributed by atoms with E-state index in [-0.39, 0.29) is 5.60 Å². The van der Waals surface area contributed by atoms with Gasteiger partial charge in [-0.05, 0) is 44.7 Å². The van der Waals surface area contributed by atoms with Gasteiger partial charge in [0.1, 0.15) is 11.4 Å². The maximum Gasteiger partial charge on any atom is 0.124 e. The van der Waals surface area contributed by atoms with E-state index in [2.05, 4.69) is 61.4 Å². The standard InChI is InChI=1S/C19H26ClNOS/c1-19(2,3)22-18-10-5-4-8-16(18)14-21(12-7-11-20)15-17-9-6-13-23-17/h4-6,8-10,13H,7,11-12,14-15H2,1-3H3. The third-order valence-corrected chi connectivity index (χ3v) is 4.48. The SMILES string of the molecule is CC(C)(C)Oc1ccccc1CN(CCCCl)Cc1cccs1. The molecule has 4 heteroatoms. The minimum atomic E-state index is -0.190. The number of ether oxygens (including phenoxy) is 1. The Bertz CT molecular complexity index is 577. The van der Waals surface area contributed by atoms with E-state index in [9.17, 15) is 0 Å². The molecule has 0 amide bonds. The van der Waals surface area contributed by atoms with Crippen molar-refractivity contribution in [1.82, 2.24) is 4.90 Å². The van der Waals surface area contributed by atoms with Crippen LogP contribution in [0.1, 0.15) is 37.6 Å². The van der Waals surface area contributed by atoms with Crippen LogP contribution in [0.15, 0.2) is 41.8 Å². The number of rotatable bonds is 8. The van der Waals surface area contributed by atoms with Crippen molar-refractivity contribution in [3.05, 3.63) is 52.2 Å². The van der Waals surface area contributed by atoms with Crippen LogP contribution in [0.4, 0.5) is 0 Å². The number of alkyl halides is 1. The maximum absolute atomic E-state index is 6.12. The molecule has 0 aliphatic rings. The van der Waals surface area contributed by atoms with Gasteiger partial charge in [-0.2, -0.15) is 0 Å². The molecule has 0 saturated heterocycles. The minimum Gasteiger partial charge on any atom is -0.488 e. The summed E-state index contributed by atoms with van der Waals surface area (Å²) < 4.78 is 6.12. The van der Waals surface area contributed by atoms with Crippen LogP contribution in [-0.4, -0.2) is 22.9 Å². The Kier molecular flexibility index (Phi) is 6.94. The third kappa shape index (κ3) is 6.54. The summed E-state index contributed by atoms with van der Waals surface area (Å²) in [4.78, 5) is 3.83. The van der Waals surface area contributed by atoms with Crippen molar-refractivity contribution in [2.75, 3.05) is 12.4 Å². The zero-order chi connectivity index (χ0) is 16.7. The maximum atomic E-state index is 6.12. The molecular weight excluding hydrogens is 326 g/mol. The van der Waals surface area contributed by atoms with Gasteiger partial charge in [-0.1, -0.05) is 24.3 Å². The van der Waals surface area contributed by atoms with Gasteiger partial charge in [-0.25, -0.2) is 0 Å². The number of halogens is 1. The van der Waals surface area contributed by atoms with Gasteiger partial charge < -0.3 is 4.74 Å². The molecule has 1 aromatic heterocycles. The van der Waals surface area contributed by atoms with Gasteiger partial charge in [0.05, 0.1) is 0 Å². The zero-order valence-electron chi connectivity index (χ0n) is 14.2. The number of hydrogen-bond acceptors (Lipinski definition) is 3. The predicted molar refractivity (Wildman–Crippen MR) is 101 cm³/mol. The van der Waals surface area contributed by atoms with Gasteiger partial charge >= 0.3 is 0 Å². The van der Waals surface area contributed by atoms with Gasteiger partial charge in [0.25, 0.3) is 0 Å². The molecule has 23 heavy (non-hydrogen) atoms. The lowest BCUT2D eigenvalue weighted by Crippen LogP contribution is -2.26. The summed E-state index contributed by atoms with van der Waals surface area (Å²) in [7, 11) is 0. The Balaban J connectivity index is 2.11. The lowest BCUT2D eigenvalue weighted by molar-refractivity contribution is 0.127. The van der Waals surface area contributed by atoms with E-state index in [0.29, 0.717) is 5.88 Å². The first-order valence-electron chi connectivity index (χ1n) is 8.05. The molecule has 0 radical (unpaired) electrons. The van der Waals surface area contributed by atoms with Gasteiger partial charge in [0.2, 0.25) is 0 Å². The molecule has 0 saturated carbocycles. The molecule has 0 unspecified atom stereocenters. The van der Waals surface area contributed by atoms with Crippen LogP contribution in [0.2, 0.25) is 0 Å². The highest BCUT2D eigenvalue weighted by atomic mass is 35.5. The van der Waals surface area contributed by atoms with Gasteiger partial charge in [-0.3, -0.25) is 4.90 Å². The molecule has 0 aliphatic carbocycles. The Morgan fingerprint density at radius 3 is 2.52 bits per heavy atom. The number of para-hydroxylation sites is 1. The second-order valence-electron chi connectivity index (χ2n) is 6.65. The highest BCUT2D eigenvalue weighted by Gasteiger charge is 2.16. The largest absolute Gasteiger partial charge is 0.488 e. The lowest BCUT2D eigenvalue weighted by atomic mass is 10.1. The molecule has 0 bridgehead atoms. The number of nitrogens with zero attached hydrogens (tertiary/aromatic N) is 1. The molecule has 126 valence electrons. The Hall–Kier alpha value is -1.03. The molecule has 2 aromatic rings. The van der Waals surface area contributed by atoms with Crippen LogP contribution >= 0.6 is 22.9 Å². The second kappa shape index (κ2) is 8.72. The molecule has 0 aliphatic heterocycles. The molecule has 2 nitrogen and oxygen atoms in total. The lowest BCUT2D eigenvalue weighted by Gasteiger charge is -2.26. The average molecular weight is 352 g/mol. The fraction of sp³-hybridized carbons (Fsp3) is 0.474. The van der Waals surface area contributed by atoms with E-state index in [0.717, 1.165) is 31.8 Å². The molecule has 0 atom stereocenters. The van der Waals surface area contributed by atoms with Gasteiger partial charge in [0, 0.05) is 36.0 Å². The molecule has 0 spiro atoms. The van der Waals surface area contributed by atoms with E-state index < -0.39 is 0 Å². The first-order valence-corrected chi connectivity index (χ1v) is 9.47. The summed E-state index contributed by atoms with van der Waals surface area (Å²) in [6, 6.07) is 12.6. The van der Waals surface area contributed by atoms with Crippen molar-refractivity contribution in [3.63, 3.8) is 0 Å². The van der Waals surface area contributed by atoms with Crippen LogP contribution < -0.4 is 4.74 Å². The van der Waals surface area contributed by atoms with Crippen molar-refractivity contribution in [3.8, 4) is 5.75 Å². The van der Waals surface area contributed by atoms with Crippen molar-refractivity contribution < 1.29 is 4.74 Å². The Morgan fingerprint density at radius 2 is 1.87 bits per heavy atom. The van der Waals surface area contributed by atoms with E-state index in [1.165, 1.54) is 10.4 Å². The quantitative estimate of drug-likeness (QED) is 0.577. The van der Waals surface area contributed by atoms with Crippen LogP contribution in [-0.2, 0) is 13.1 Å². The summed E-state index contributed by atoms with van der Waals surface area (Å²) in [6.45, 7) is 9.08. The van der Waals surface area contributed by atoms with E-state index >= 15 is 0 Å².